The molecule has 1 aliphatic rings. The molecule has 0 spiro atoms. The van der Waals surface area contributed by atoms with Gasteiger partial charge in [-0.2, -0.15) is 5.10 Å². The SMILES string of the molecule is CCc1ccccc1N1C(=O)c2cc(-c3ccco3)nn2C[C@@]1(C)C(=O)NCc1ccccc1. The highest BCUT2D eigenvalue weighted by atomic mass is 16.3. The molecule has 4 aromatic rings. The Morgan fingerprint density at radius 3 is 2.59 bits per heavy atom. The van der Waals surface area contributed by atoms with Crippen LogP contribution in [0.5, 0.6) is 0 Å². The molecule has 0 fully saturated rings. The van der Waals surface area contributed by atoms with E-state index in [-0.39, 0.29) is 18.4 Å². The van der Waals surface area contributed by atoms with Crippen molar-refractivity contribution < 1.29 is 14.0 Å². The third-order valence-corrected chi connectivity index (χ3v) is 6.33. The molecule has 0 radical (unpaired) electrons. The van der Waals surface area contributed by atoms with Gasteiger partial charge in [-0.15, -0.1) is 0 Å². The number of amides is 2. The lowest BCUT2D eigenvalue weighted by molar-refractivity contribution is -0.126. The Morgan fingerprint density at radius 1 is 1.09 bits per heavy atom. The maximum Gasteiger partial charge on any atom is 0.277 e. The van der Waals surface area contributed by atoms with Gasteiger partial charge in [-0.05, 0) is 42.7 Å². The minimum atomic E-state index is -1.18. The van der Waals surface area contributed by atoms with Crippen LogP contribution in [0, 0.1) is 0 Å². The van der Waals surface area contributed by atoms with Crippen molar-refractivity contribution in [1.29, 1.82) is 0 Å². The average Bonchev–Trinajstić information content (AvgIpc) is 3.53. The number of nitrogens with one attached hydrogen (secondary N) is 1. The van der Waals surface area contributed by atoms with Crippen LogP contribution < -0.4 is 10.2 Å². The van der Waals surface area contributed by atoms with Gasteiger partial charge >= 0.3 is 0 Å². The number of para-hydroxylation sites is 1. The van der Waals surface area contributed by atoms with Crippen LogP contribution in [0.25, 0.3) is 11.5 Å². The number of aryl methyl sites for hydroxylation is 1. The largest absolute Gasteiger partial charge is 0.463 e. The number of carbonyl (C=O) groups excluding carboxylic acids is 2. The van der Waals surface area contributed by atoms with E-state index in [2.05, 4.69) is 10.4 Å². The van der Waals surface area contributed by atoms with Crippen molar-refractivity contribution in [3.8, 4) is 11.5 Å². The highest BCUT2D eigenvalue weighted by molar-refractivity contribution is 6.12. The van der Waals surface area contributed by atoms with Crippen molar-refractivity contribution in [2.75, 3.05) is 4.90 Å². The zero-order chi connectivity index (χ0) is 23.7. The van der Waals surface area contributed by atoms with Crippen molar-refractivity contribution in [3.63, 3.8) is 0 Å². The summed E-state index contributed by atoms with van der Waals surface area (Å²) in [6.07, 6.45) is 2.30. The van der Waals surface area contributed by atoms with E-state index in [1.807, 2.05) is 61.5 Å². The fourth-order valence-electron chi connectivity index (χ4n) is 4.50. The molecule has 1 atom stereocenters. The van der Waals surface area contributed by atoms with Gasteiger partial charge in [0.25, 0.3) is 5.91 Å². The van der Waals surface area contributed by atoms with Crippen LogP contribution in [0.1, 0.15) is 35.5 Å². The Morgan fingerprint density at radius 2 is 1.85 bits per heavy atom. The van der Waals surface area contributed by atoms with Crippen LogP contribution in [-0.4, -0.2) is 27.1 Å². The van der Waals surface area contributed by atoms with Crippen molar-refractivity contribution in [1.82, 2.24) is 15.1 Å². The quantitative estimate of drug-likeness (QED) is 0.467. The number of benzene rings is 2. The molecule has 7 heteroatoms. The Balaban J connectivity index is 1.57. The summed E-state index contributed by atoms with van der Waals surface area (Å²) in [5.74, 6) is 0.0663. The minimum Gasteiger partial charge on any atom is -0.463 e. The summed E-state index contributed by atoms with van der Waals surface area (Å²) in [4.78, 5) is 29.3. The van der Waals surface area contributed by atoms with Gasteiger partial charge in [0.15, 0.2) is 5.76 Å². The first-order valence-electron chi connectivity index (χ1n) is 11.4. The summed E-state index contributed by atoms with van der Waals surface area (Å²) in [5.41, 5.74) is 2.52. The summed E-state index contributed by atoms with van der Waals surface area (Å²) in [7, 11) is 0. The molecule has 3 heterocycles. The number of nitrogens with zero attached hydrogens (tertiary/aromatic N) is 3. The monoisotopic (exact) mass is 454 g/mol. The highest BCUT2D eigenvalue weighted by Crippen LogP contribution is 2.36. The number of anilines is 1. The smallest absolute Gasteiger partial charge is 0.277 e. The van der Waals surface area contributed by atoms with E-state index in [9.17, 15) is 9.59 Å². The third-order valence-electron chi connectivity index (χ3n) is 6.33. The number of hydrogen-bond acceptors (Lipinski definition) is 4. The van der Waals surface area contributed by atoms with Crippen molar-refractivity contribution in [2.45, 2.75) is 38.9 Å². The molecule has 7 nitrogen and oxygen atoms in total. The van der Waals surface area contributed by atoms with Crippen molar-refractivity contribution in [2.24, 2.45) is 0 Å². The number of carbonyl (C=O) groups is 2. The second kappa shape index (κ2) is 8.67. The van der Waals surface area contributed by atoms with E-state index in [0.29, 0.717) is 23.7 Å². The predicted octanol–water partition coefficient (Wildman–Crippen LogP) is 4.44. The maximum absolute atomic E-state index is 13.9. The summed E-state index contributed by atoms with van der Waals surface area (Å²) in [5, 5.41) is 7.65. The lowest BCUT2D eigenvalue weighted by Gasteiger charge is -2.43. The Hall–Kier alpha value is -4.13. The maximum atomic E-state index is 13.9. The zero-order valence-corrected chi connectivity index (χ0v) is 19.2. The lowest BCUT2D eigenvalue weighted by atomic mass is 9.92. The molecular weight excluding hydrogens is 428 g/mol. The fraction of sp³-hybridized carbons (Fsp3) is 0.222. The molecule has 5 rings (SSSR count). The van der Waals surface area contributed by atoms with Gasteiger partial charge in [0, 0.05) is 18.3 Å². The second-order valence-electron chi connectivity index (χ2n) is 8.61. The molecule has 0 saturated heterocycles. The van der Waals surface area contributed by atoms with Crippen LogP contribution in [0.3, 0.4) is 0 Å². The van der Waals surface area contributed by atoms with E-state index in [1.54, 1.807) is 41.0 Å². The molecular formula is C27H26N4O3. The number of aromatic nitrogens is 2. The summed E-state index contributed by atoms with van der Waals surface area (Å²) < 4.78 is 7.11. The second-order valence-corrected chi connectivity index (χ2v) is 8.61. The summed E-state index contributed by atoms with van der Waals surface area (Å²) in [6.45, 7) is 4.43. The van der Waals surface area contributed by atoms with Gasteiger partial charge in [-0.1, -0.05) is 55.5 Å². The summed E-state index contributed by atoms with van der Waals surface area (Å²) >= 11 is 0. The average molecular weight is 455 g/mol. The molecule has 2 aromatic carbocycles. The molecule has 0 aliphatic carbocycles. The normalized spacial score (nSPS) is 17.5. The molecule has 34 heavy (non-hydrogen) atoms. The van der Waals surface area contributed by atoms with Gasteiger partial charge in [-0.3, -0.25) is 19.2 Å². The van der Waals surface area contributed by atoms with Crippen LogP contribution >= 0.6 is 0 Å². The molecule has 172 valence electrons. The highest BCUT2D eigenvalue weighted by Gasteiger charge is 2.49. The topological polar surface area (TPSA) is 80.4 Å². The molecule has 0 saturated carbocycles. The molecule has 2 aromatic heterocycles. The van der Waals surface area contributed by atoms with Crippen LogP contribution in [-0.2, 0) is 24.3 Å². The molecule has 0 bridgehead atoms. The Labute approximate surface area is 198 Å². The number of rotatable bonds is 6. The van der Waals surface area contributed by atoms with Crippen LogP contribution in [0.4, 0.5) is 5.69 Å². The summed E-state index contributed by atoms with van der Waals surface area (Å²) in [6, 6.07) is 22.8. The molecule has 0 unspecified atom stereocenters. The number of fused-ring (bicyclic) bond motifs is 1. The lowest BCUT2D eigenvalue weighted by Crippen LogP contribution is -2.64. The predicted molar refractivity (Wildman–Crippen MR) is 129 cm³/mol. The van der Waals surface area contributed by atoms with Gasteiger partial charge in [0.05, 0.1) is 12.8 Å². The van der Waals surface area contributed by atoms with Gasteiger partial charge in [0.1, 0.15) is 16.9 Å². The van der Waals surface area contributed by atoms with E-state index < -0.39 is 5.54 Å². The minimum absolute atomic E-state index is 0.216. The van der Waals surface area contributed by atoms with E-state index >= 15 is 0 Å². The van der Waals surface area contributed by atoms with Crippen LogP contribution in [0.15, 0.2) is 83.5 Å². The van der Waals surface area contributed by atoms with Gasteiger partial charge in [0.2, 0.25) is 5.91 Å². The molecule has 1 N–H and O–H groups in total. The Bertz CT molecular complexity index is 1330. The van der Waals surface area contributed by atoms with Gasteiger partial charge in [-0.25, -0.2) is 0 Å². The van der Waals surface area contributed by atoms with Crippen LogP contribution in [0.2, 0.25) is 0 Å². The number of hydrogen-bond donors (Lipinski definition) is 1. The van der Waals surface area contributed by atoms with Crippen molar-refractivity contribution in [3.05, 3.63) is 95.9 Å². The standard InChI is InChI=1S/C27H26N4O3/c1-3-20-12-7-8-13-22(20)31-25(32)23-16-21(24-14-9-15-34-24)29-30(23)18-27(31,2)26(33)28-17-19-10-5-4-6-11-19/h4-16H,3,17-18H2,1-2H3,(H,28,33)/t27-/m0/s1. The number of furan rings is 1. The zero-order valence-electron chi connectivity index (χ0n) is 19.2. The Kier molecular flexibility index (Phi) is 5.53. The van der Waals surface area contributed by atoms with E-state index in [0.717, 1.165) is 23.2 Å². The molecule has 1 aliphatic heterocycles. The first kappa shape index (κ1) is 21.7. The van der Waals surface area contributed by atoms with E-state index in [4.69, 9.17) is 4.42 Å². The first-order chi connectivity index (χ1) is 16.5. The first-order valence-corrected chi connectivity index (χ1v) is 11.4. The van der Waals surface area contributed by atoms with Crippen molar-refractivity contribution >= 4 is 17.5 Å². The molecule has 2 amide bonds. The fourth-order valence-corrected chi connectivity index (χ4v) is 4.50. The third kappa shape index (κ3) is 3.69. The van der Waals surface area contributed by atoms with E-state index in [1.165, 1.54) is 0 Å². The van der Waals surface area contributed by atoms with Gasteiger partial charge < -0.3 is 9.73 Å².